The minimum absolute atomic E-state index is 0.0681. The summed E-state index contributed by atoms with van der Waals surface area (Å²) in [4.78, 5) is 16.1. The van der Waals surface area contributed by atoms with Crippen molar-refractivity contribution in [2.45, 2.75) is 12.8 Å². The van der Waals surface area contributed by atoms with Crippen LogP contribution in [0.2, 0.25) is 0 Å². The van der Waals surface area contributed by atoms with E-state index in [1.165, 1.54) is 11.3 Å². The van der Waals surface area contributed by atoms with E-state index >= 15 is 0 Å². The SMILES string of the molecule is COc1ccc(NC(=O)CCc2cscn2)c(OC)c1. The Morgan fingerprint density at radius 2 is 2.20 bits per heavy atom. The van der Waals surface area contributed by atoms with Gasteiger partial charge in [0.15, 0.2) is 0 Å². The lowest BCUT2D eigenvalue weighted by molar-refractivity contribution is -0.116. The summed E-state index contributed by atoms with van der Waals surface area (Å²) in [6.45, 7) is 0. The number of ether oxygens (including phenoxy) is 2. The van der Waals surface area contributed by atoms with Gasteiger partial charge in [0.2, 0.25) is 5.91 Å². The number of thiazole rings is 1. The third kappa shape index (κ3) is 3.71. The number of aromatic nitrogens is 1. The Morgan fingerprint density at radius 3 is 2.85 bits per heavy atom. The molecular weight excluding hydrogens is 276 g/mol. The van der Waals surface area contributed by atoms with Crippen LogP contribution in [-0.4, -0.2) is 25.1 Å². The fourth-order valence-corrected chi connectivity index (χ4v) is 2.31. The maximum atomic E-state index is 11.9. The lowest BCUT2D eigenvalue weighted by Gasteiger charge is -2.11. The molecule has 0 atom stereocenters. The molecule has 106 valence electrons. The van der Waals surface area contributed by atoms with Crippen molar-refractivity contribution in [1.29, 1.82) is 0 Å². The number of nitrogens with zero attached hydrogens (tertiary/aromatic N) is 1. The van der Waals surface area contributed by atoms with Gasteiger partial charge < -0.3 is 14.8 Å². The van der Waals surface area contributed by atoms with Crippen molar-refractivity contribution in [3.05, 3.63) is 34.8 Å². The summed E-state index contributed by atoms with van der Waals surface area (Å²) in [6.07, 6.45) is 1.02. The first-order valence-electron chi connectivity index (χ1n) is 6.12. The second-order valence-electron chi connectivity index (χ2n) is 4.09. The van der Waals surface area contributed by atoms with Gasteiger partial charge in [-0.25, -0.2) is 4.98 Å². The van der Waals surface area contributed by atoms with Crippen molar-refractivity contribution in [2.24, 2.45) is 0 Å². The van der Waals surface area contributed by atoms with Crippen molar-refractivity contribution in [2.75, 3.05) is 19.5 Å². The standard InChI is InChI=1S/C14H16N2O3S/c1-18-11-4-5-12(13(7-11)19-2)16-14(17)6-3-10-8-20-9-15-10/h4-5,7-9H,3,6H2,1-2H3,(H,16,17). The molecule has 1 amide bonds. The first-order chi connectivity index (χ1) is 9.72. The largest absolute Gasteiger partial charge is 0.497 e. The molecule has 0 bridgehead atoms. The van der Waals surface area contributed by atoms with E-state index in [2.05, 4.69) is 10.3 Å². The molecule has 1 heterocycles. The number of rotatable bonds is 6. The zero-order chi connectivity index (χ0) is 14.4. The number of hydrogen-bond donors (Lipinski definition) is 1. The summed E-state index contributed by atoms with van der Waals surface area (Å²) < 4.78 is 10.3. The molecule has 0 radical (unpaired) electrons. The number of nitrogens with one attached hydrogen (secondary N) is 1. The Morgan fingerprint density at radius 1 is 1.35 bits per heavy atom. The van der Waals surface area contributed by atoms with E-state index in [4.69, 9.17) is 9.47 Å². The highest BCUT2D eigenvalue weighted by Gasteiger charge is 2.09. The van der Waals surface area contributed by atoms with Gasteiger partial charge >= 0.3 is 0 Å². The number of carbonyl (C=O) groups is 1. The average molecular weight is 292 g/mol. The van der Waals surface area contributed by atoms with Crippen LogP contribution in [0.3, 0.4) is 0 Å². The Bertz CT molecular complexity index is 570. The molecule has 1 aromatic heterocycles. The molecule has 2 rings (SSSR count). The lowest BCUT2D eigenvalue weighted by atomic mass is 10.2. The second-order valence-corrected chi connectivity index (χ2v) is 4.81. The van der Waals surface area contributed by atoms with Gasteiger partial charge in [-0.1, -0.05) is 0 Å². The normalized spacial score (nSPS) is 10.1. The first-order valence-corrected chi connectivity index (χ1v) is 7.06. The van der Waals surface area contributed by atoms with Crippen LogP contribution in [0.5, 0.6) is 11.5 Å². The second kappa shape index (κ2) is 6.91. The number of amides is 1. The molecule has 1 aromatic carbocycles. The molecule has 0 saturated carbocycles. The molecule has 0 saturated heterocycles. The zero-order valence-corrected chi connectivity index (χ0v) is 12.2. The predicted octanol–water partition coefficient (Wildman–Crippen LogP) is 2.73. The van der Waals surface area contributed by atoms with Crippen LogP contribution in [0, 0.1) is 0 Å². The molecule has 0 aliphatic heterocycles. The third-order valence-electron chi connectivity index (χ3n) is 2.77. The number of carbonyl (C=O) groups excluding carboxylic acids is 1. The highest BCUT2D eigenvalue weighted by Crippen LogP contribution is 2.29. The van der Waals surface area contributed by atoms with Gasteiger partial charge in [0.05, 0.1) is 31.1 Å². The molecule has 0 spiro atoms. The van der Waals surface area contributed by atoms with Crippen LogP contribution in [0.4, 0.5) is 5.69 Å². The molecule has 2 aromatic rings. The number of hydrogen-bond acceptors (Lipinski definition) is 5. The van der Waals surface area contributed by atoms with E-state index in [0.717, 1.165) is 5.69 Å². The first kappa shape index (κ1) is 14.3. The van der Waals surface area contributed by atoms with Crippen molar-refractivity contribution >= 4 is 22.9 Å². The van der Waals surface area contributed by atoms with Crippen molar-refractivity contribution in [3.8, 4) is 11.5 Å². The van der Waals surface area contributed by atoms with Crippen molar-refractivity contribution < 1.29 is 14.3 Å². The molecule has 5 nitrogen and oxygen atoms in total. The molecule has 0 unspecified atom stereocenters. The number of methoxy groups -OCH3 is 2. The monoisotopic (exact) mass is 292 g/mol. The minimum atomic E-state index is -0.0681. The van der Waals surface area contributed by atoms with Crippen LogP contribution in [0.1, 0.15) is 12.1 Å². The van der Waals surface area contributed by atoms with Gasteiger partial charge in [0.1, 0.15) is 11.5 Å². The highest BCUT2D eigenvalue weighted by molar-refractivity contribution is 7.07. The van der Waals surface area contributed by atoms with Crippen molar-refractivity contribution in [1.82, 2.24) is 4.98 Å². The molecule has 6 heteroatoms. The molecular formula is C14H16N2O3S. The van der Waals surface area contributed by atoms with Gasteiger partial charge in [-0.2, -0.15) is 0 Å². The molecule has 0 aliphatic rings. The Kier molecular flexibility index (Phi) is 4.95. The average Bonchev–Trinajstić information content (AvgIpc) is 2.99. The minimum Gasteiger partial charge on any atom is -0.497 e. The molecule has 20 heavy (non-hydrogen) atoms. The Labute approximate surface area is 121 Å². The summed E-state index contributed by atoms with van der Waals surface area (Å²) in [5.41, 5.74) is 3.34. The van der Waals surface area contributed by atoms with Gasteiger partial charge in [-0.3, -0.25) is 4.79 Å². The summed E-state index contributed by atoms with van der Waals surface area (Å²) in [5.74, 6) is 1.19. The van der Waals surface area contributed by atoms with Gasteiger partial charge in [-0.15, -0.1) is 11.3 Å². The predicted molar refractivity (Wildman–Crippen MR) is 78.6 cm³/mol. The topological polar surface area (TPSA) is 60.5 Å². The van der Waals surface area contributed by atoms with Crippen LogP contribution in [-0.2, 0) is 11.2 Å². The van der Waals surface area contributed by atoms with Crippen molar-refractivity contribution in [3.63, 3.8) is 0 Å². The van der Waals surface area contributed by atoms with Crippen LogP contribution in [0.15, 0.2) is 29.1 Å². The summed E-state index contributed by atoms with van der Waals surface area (Å²) in [5, 5.41) is 4.78. The zero-order valence-electron chi connectivity index (χ0n) is 11.4. The number of anilines is 1. The Hall–Kier alpha value is -2.08. The smallest absolute Gasteiger partial charge is 0.224 e. The number of aryl methyl sites for hydroxylation is 1. The van der Waals surface area contributed by atoms with Crippen LogP contribution in [0.25, 0.3) is 0 Å². The van der Waals surface area contributed by atoms with E-state index in [-0.39, 0.29) is 5.91 Å². The molecule has 1 N–H and O–H groups in total. The Balaban J connectivity index is 1.96. The van der Waals surface area contributed by atoms with E-state index in [1.54, 1.807) is 37.9 Å². The lowest BCUT2D eigenvalue weighted by Crippen LogP contribution is -2.13. The van der Waals surface area contributed by atoms with Gasteiger partial charge in [0.25, 0.3) is 0 Å². The number of benzene rings is 1. The maximum Gasteiger partial charge on any atom is 0.224 e. The molecule has 0 fully saturated rings. The van der Waals surface area contributed by atoms with Gasteiger partial charge in [-0.05, 0) is 18.6 Å². The van der Waals surface area contributed by atoms with Crippen LogP contribution >= 0.6 is 11.3 Å². The highest BCUT2D eigenvalue weighted by atomic mass is 32.1. The van der Waals surface area contributed by atoms with Gasteiger partial charge in [0, 0.05) is 17.9 Å². The maximum absolute atomic E-state index is 11.9. The molecule has 0 aliphatic carbocycles. The third-order valence-corrected chi connectivity index (χ3v) is 3.41. The summed E-state index contributed by atoms with van der Waals surface area (Å²) >= 11 is 1.53. The van der Waals surface area contributed by atoms with E-state index < -0.39 is 0 Å². The fraction of sp³-hybridized carbons (Fsp3) is 0.286. The summed E-state index contributed by atoms with van der Waals surface area (Å²) in [6, 6.07) is 5.27. The fourth-order valence-electron chi connectivity index (χ4n) is 1.72. The van der Waals surface area contributed by atoms with E-state index in [1.807, 2.05) is 5.38 Å². The van der Waals surface area contributed by atoms with E-state index in [0.29, 0.717) is 30.0 Å². The summed E-state index contributed by atoms with van der Waals surface area (Å²) in [7, 11) is 3.14. The van der Waals surface area contributed by atoms with Crippen LogP contribution < -0.4 is 14.8 Å². The van der Waals surface area contributed by atoms with E-state index in [9.17, 15) is 4.79 Å². The quantitative estimate of drug-likeness (QED) is 0.889.